The Morgan fingerprint density at radius 2 is 1.45 bits per heavy atom. The van der Waals surface area contributed by atoms with Gasteiger partial charge in [-0.2, -0.15) is 0 Å². The molecule has 2 N–H and O–H groups in total. The number of aromatic hydroxyl groups is 1. The van der Waals surface area contributed by atoms with Crippen LogP contribution in [0.25, 0.3) is 22.2 Å². The highest BCUT2D eigenvalue weighted by Crippen LogP contribution is 2.35. The molecule has 0 saturated heterocycles. The minimum atomic E-state index is -0.480. The van der Waals surface area contributed by atoms with Crippen LogP contribution in [0.3, 0.4) is 0 Å². The van der Waals surface area contributed by atoms with Crippen LogP contribution in [-0.2, 0) is 0 Å². The smallest absolute Gasteiger partial charge is 0.256 e. The van der Waals surface area contributed by atoms with E-state index in [0.717, 1.165) is 11.1 Å². The molecule has 1 amide bonds. The summed E-state index contributed by atoms with van der Waals surface area (Å²) in [6, 6.07) is 31.5. The van der Waals surface area contributed by atoms with Crippen LogP contribution in [0.15, 0.2) is 109 Å². The first-order chi connectivity index (χ1) is 16.2. The number of fused-ring (bicyclic) bond motifs is 1. The predicted octanol–water partition coefficient (Wildman–Crippen LogP) is 5.52. The Kier molecular flexibility index (Phi) is 5.52. The molecule has 1 atom stereocenters. The summed E-state index contributed by atoms with van der Waals surface area (Å²) in [4.78, 5) is 22.8. The molecule has 1 unspecified atom stereocenters. The first-order valence-corrected chi connectivity index (χ1v) is 10.7. The summed E-state index contributed by atoms with van der Waals surface area (Å²) in [7, 11) is 0. The van der Waals surface area contributed by atoms with Crippen molar-refractivity contribution < 1.29 is 9.90 Å². The van der Waals surface area contributed by atoms with E-state index in [2.05, 4.69) is 15.3 Å². The highest BCUT2D eigenvalue weighted by molar-refractivity contribution is 6.10. The number of hydrogen-bond acceptors (Lipinski definition) is 4. The maximum Gasteiger partial charge on any atom is 0.256 e. The second-order valence-electron chi connectivity index (χ2n) is 7.64. The molecule has 33 heavy (non-hydrogen) atoms. The molecule has 0 radical (unpaired) electrons. The third-order valence-electron chi connectivity index (χ3n) is 5.53. The van der Waals surface area contributed by atoms with Gasteiger partial charge in [-0.3, -0.25) is 9.78 Å². The average molecular weight is 431 g/mol. The van der Waals surface area contributed by atoms with Crippen molar-refractivity contribution in [1.82, 2.24) is 15.3 Å². The second-order valence-corrected chi connectivity index (χ2v) is 7.64. The lowest BCUT2D eigenvalue weighted by molar-refractivity contribution is 0.0941. The number of carbonyl (C=O) groups is 1. The zero-order valence-electron chi connectivity index (χ0n) is 17.7. The van der Waals surface area contributed by atoms with Crippen LogP contribution in [0.4, 0.5) is 0 Å². The maximum absolute atomic E-state index is 13.7. The molecule has 5 rings (SSSR count). The number of benzene rings is 3. The average Bonchev–Trinajstić information content (AvgIpc) is 2.88. The van der Waals surface area contributed by atoms with Gasteiger partial charge in [0.25, 0.3) is 5.91 Å². The van der Waals surface area contributed by atoms with Gasteiger partial charge in [0.15, 0.2) is 5.75 Å². The number of rotatable bonds is 5. The number of amides is 1. The SMILES string of the molecule is O=C(NC(c1ccccc1)c1ccccn1)c1c(O)c(-c2ccccc2)nc2ccccc12. The van der Waals surface area contributed by atoms with E-state index in [1.807, 2.05) is 97.1 Å². The molecule has 0 fully saturated rings. The molecule has 5 aromatic rings. The lowest BCUT2D eigenvalue weighted by Crippen LogP contribution is -2.30. The Bertz CT molecular complexity index is 1370. The van der Waals surface area contributed by atoms with E-state index in [9.17, 15) is 9.90 Å². The Hall–Kier alpha value is -4.51. The number of para-hydroxylation sites is 1. The van der Waals surface area contributed by atoms with Gasteiger partial charge in [0.05, 0.1) is 22.8 Å². The van der Waals surface area contributed by atoms with Gasteiger partial charge < -0.3 is 10.4 Å². The Morgan fingerprint density at radius 1 is 0.788 bits per heavy atom. The van der Waals surface area contributed by atoms with Crippen molar-refractivity contribution in [3.63, 3.8) is 0 Å². The number of nitrogens with one attached hydrogen (secondary N) is 1. The van der Waals surface area contributed by atoms with Gasteiger partial charge in [-0.1, -0.05) is 84.9 Å². The summed E-state index contributed by atoms with van der Waals surface area (Å²) in [6.07, 6.45) is 1.70. The summed E-state index contributed by atoms with van der Waals surface area (Å²) in [5.41, 5.74) is 3.53. The quantitative estimate of drug-likeness (QED) is 0.384. The molecule has 0 saturated carbocycles. The first kappa shape index (κ1) is 20.4. The normalized spacial score (nSPS) is 11.8. The molecule has 0 aliphatic heterocycles. The van der Waals surface area contributed by atoms with Crippen molar-refractivity contribution in [2.75, 3.05) is 0 Å². The minimum Gasteiger partial charge on any atom is -0.505 e. The molecule has 0 aliphatic rings. The van der Waals surface area contributed by atoms with Crippen LogP contribution in [-0.4, -0.2) is 21.0 Å². The van der Waals surface area contributed by atoms with Crippen molar-refractivity contribution in [3.8, 4) is 17.0 Å². The predicted molar refractivity (Wildman–Crippen MR) is 129 cm³/mol. The molecule has 0 spiro atoms. The third-order valence-corrected chi connectivity index (χ3v) is 5.53. The van der Waals surface area contributed by atoms with E-state index in [1.165, 1.54) is 0 Å². The maximum atomic E-state index is 13.7. The van der Waals surface area contributed by atoms with Gasteiger partial charge in [0, 0.05) is 17.1 Å². The molecular weight excluding hydrogens is 410 g/mol. The van der Waals surface area contributed by atoms with Gasteiger partial charge in [-0.05, 0) is 23.8 Å². The number of pyridine rings is 2. The van der Waals surface area contributed by atoms with Crippen LogP contribution >= 0.6 is 0 Å². The Morgan fingerprint density at radius 3 is 2.18 bits per heavy atom. The number of carbonyl (C=O) groups excluding carboxylic acids is 1. The fraction of sp³-hybridized carbons (Fsp3) is 0.0357. The highest BCUT2D eigenvalue weighted by Gasteiger charge is 2.25. The fourth-order valence-corrected chi connectivity index (χ4v) is 3.95. The standard InChI is InChI=1S/C28H21N3O2/c32-27-24(21-15-7-8-16-22(21)30-26(27)20-13-5-2-6-14-20)28(33)31-25(19-11-3-1-4-12-19)23-17-9-10-18-29-23/h1-18,25,32H,(H,31,33). The summed E-state index contributed by atoms with van der Waals surface area (Å²) in [5, 5.41) is 14.9. The lowest BCUT2D eigenvalue weighted by atomic mass is 9.99. The monoisotopic (exact) mass is 431 g/mol. The molecule has 160 valence electrons. The third kappa shape index (κ3) is 4.04. The van der Waals surface area contributed by atoms with Crippen LogP contribution in [0, 0.1) is 0 Å². The van der Waals surface area contributed by atoms with Gasteiger partial charge >= 0.3 is 0 Å². The lowest BCUT2D eigenvalue weighted by Gasteiger charge is -2.20. The highest BCUT2D eigenvalue weighted by atomic mass is 16.3. The molecule has 5 nitrogen and oxygen atoms in total. The van der Waals surface area contributed by atoms with E-state index in [0.29, 0.717) is 22.3 Å². The van der Waals surface area contributed by atoms with Gasteiger partial charge in [0.1, 0.15) is 5.69 Å². The summed E-state index contributed by atoms with van der Waals surface area (Å²) < 4.78 is 0. The summed E-state index contributed by atoms with van der Waals surface area (Å²) in [6.45, 7) is 0. The van der Waals surface area contributed by atoms with Crippen LogP contribution in [0.5, 0.6) is 5.75 Å². The summed E-state index contributed by atoms with van der Waals surface area (Å²) >= 11 is 0. The molecule has 0 aliphatic carbocycles. The van der Waals surface area contributed by atoms with E-state index in [-0.39, 0.29) is 11.3 Å². The molecular formula is C28H21N3O2. The van der Waals surface area contributed by atoms with E-state index >= 15 is 0 Å². The largest absolute Gasteiger partial charge is 0.505 e. The Balaban J connectivity index is 1.64. The molecule has 2 heterocycles. The number of hydrogen-bond donors (Lipinski definition) is 2. The van der Waals surface area contributed by atoms with Gasteiger partial charge in [-0.25, -0.2) is 4.98 Å². The van der Waals surface area contributed by atoms with Crippen molar-refractivity contribution in [2.24, 2.45) is 0 Å². The van der Waals surface area contributed by atoms with Crippen molar-refractivity contribution in [1.29, 1.82) is 0 Å². The zero-order valence-corrected chi connectivity index (χ0v) is 17.7. The molecule has 3 aromatic carbocycles. The van der Waals surface area contributed by atoms with Crippen LogP contribution in [0.1, 0.15) is 27.7 Å². The molecule has 2 aromatic heterocycles. The Labute approximate surface area is 191 Å². The zero-order chi connectivity index (χ0) is 22.6. The number of aromatic nitrogens is 2. The minimum absolute atomic E-state index is 0.148. The number of nitrogens with zero attached hydrogens (tertiary/aromatic N) is 2. The van der Waals surface area contributed by atoms with Crippen LogP contribution in [0.2, 0.25) is 0 Å². The fourth-order valence-electron chi connectivity index (χ4n) is 3.95. The summed E-state index contributed by atoms with van der Waals surface area (Å²) in [5.74, 6) is -0.548. The van der Waals surface area contributed by atoms with Gasteiger partial charge in [-0.15, -0.1) is 0 Å². The first-order valence-electron chi connectivity index (χ1n) is 10.7. The van der Waals surface area contributed by atoms with Crippen molar-refractivity contribution in [2.45, 2.75) is 6.04 Å². The van der Waals surface area contributed by atoms with Gasteiger partial charge in [0.2, 0.25) is 0 Å². The van der Waals surface area contributed by atoms with Crippen molar-refractivity contribution >= 4 is 16.8 Å². The molecule has 5 heteroatoms. The topological polar surface area (TPSA) is 75.1 Å². The van der Waals surface area contributed by atoms with Crippen molar-refractivity contribution in [3.05, 3.63) is 126 Å². The second kappa shape index (κ2) is 8.93. The van der Waals surface area contributed by atoms with Crippen LogP contribution < -0.4 is 5.32 Å². The van der Waals surface area contributed by atoms with E-state index in [1.54, 1.807) is 12.3 Å². The molecule has 0 bridgehead atoms. The van der Waals surface area contributed by atoms with E-state index in [4.69, 9.17) is 0 Å². The van der Waals surface area contributed by atoms with E-state index < -0.39 is 11.9 Å².